The predicted octanol–water partition coefficient (Wildman–Crippen LogP) is 0.974. The summed E-state index contributed by atoms with van der Waals surface area (Å²) in [6.07, 6.45) is 3.60. The summed E-state index contributed by atoms with van der Waals surface area (Å²) in [4.78, 5) is 4.08. The number of aliphatic hydroxyl groups is 1. The minimum absolute atomic E-state index is 0.0253. The second-order valence-corrected chi connectivity index (χ2v) is 3.07. The Labute approximate surface area is 81.8 Å². The molecular weight excluding hydrogens is 178 g/mol. The van der Waals surface area contributed by atoms with Crippen LogP contribution >= 0.6 is 0 Å². The molecule has 0 fully saturated rings. The number of aromatic nitrogens is 3. The molecule has 0 spiro atoms. The molecule has 2 rings (SSSR count). The molecule has 0 aliphatic carbocycles. The molecule has 1 N–H and O–H groups in total. The summed E-state index contributed by atoms with van der Waals surface area (Å²) in [6, 6.07) is 5.63. The standard InChI is InChI=1S/C10H11N3O/c1-13-5-4-10(12-13)8-2-3-9(7-14)11-6-8/h2-6,14H,7H2,1H3. The predicted molar refractivity (Wildman–Crippen MR) is 52.4 cm³/mol. The third-order valence-electron chi connectivity index (χ3n) is 2.00. The highest BCUT2D eigenvalue weighted by Gasteiger charge is 2.01. The van der Waals surface area contributed by atoms with E-state index in [-0.39, 0.29) is 6.61 Å². The van der Waals surface area contributed by atoms with E-state index in [1.54, 1.807) is 16.9 Å². The molecule has 0 aliphatic heterocycles. The zero-order valence-electron chi connectivity index (χ0n) is 7.88. The summed E-state index contributed by atoms with van der Waals surface area (Å²) in [7, 11) is 1.87. The number of hydrogen-bond acceptors (Lipinski definition) is 3. The fraction of sp³-hybridized carbons (Fsp3) is 0.200. The van der Waals surface area contributed by atoms with Crippen LogP contribution in [0.15, 0.2) is 30.6 Å². The first-order valence-electron chi connectivity index (χ1n) is 4.35. The summed E-state index contributed by atoms with van der Waals surface area (Å²) < 4.78 is 1.75. The molecule has 2 aromatic heterocycles. The minimum atomic E-state index is -0.0253. The van der Waals surface area contributed by atoms with Crippen molar-refractivity contribution < 1.29 is 5.11 Å². The lowest BCUT2D eigenvalue weighted by Gasteiger charge is -1.97. The molecule has 0 saturated heterocycles. The Bertz CT molecular complexity index is 419. The molecule has 0 amide bonds. The van der Waals surface area contributed by atoms with Crippen molar-refractivity contribution in [1.82, 2.24) is 14.8 Å². The van der Waals surface area contributed by atoms with Crippen molar-refractivity contribution in [2.45, 2.75) is 6.61 Å². The first-order chi connectivity index (χ1) is 6.79. The van der Waals surface area contributed by atoms with Crippen molar-refractivity contribution in [2.75, 3.05) is 0 Å². The number of rotatable bonds is 2. The monoisotopic (exact) mass is 189 g/mol. The number of hydrogen-bond donors (Lipinski definition) is 1. The zero-order valence-corrected chi connectivity index (χ0v) is 7.88. The van der Waals surface area contributed by atoms with Gasteiger partial charge in [-0.15, -0.1) is 0 Å². The average Bonchev–Trinajstić information content (AvgIpc) is 2.65. The van der Waals surface area contributed by atoms with Crippen molar-refractivity contribution in [1.29, 1.82) is 0 Å². The molecule has 0 saturated carbocycles. The Hall–Kier alpha value is -1.68. The van der Waals surface area contributed by atoms with Crippen LogP contribution in [0.4, 0.5) is 0 Å². The Morgan fingerprint density at radius 1 is 1.36 bits per heavy atom. The normalized spacial score (nSPS) is 10.4. The van der Waals surface area contributed by atoms with E-state index in [4.69, 9.17) is 5.11 Å². The van der Waals surface area contributed by atoms with E-state index in [1.807, 2.05) is 25.4 Å². The summed E-state index contributed by atoms with van der Waals surface area (Å²) in [6.45, 7) is -0.0253. The first-order valence-corrected chi connectivity index (χ1v) is 4.35. The summed E-state index contributed by atoms with van der Waals surface area (Å²) in [5.74, 6) is 0. The van der Waals surface area contributed by atoms with Crippen LogP contribution in [0.3, 0.4) is 0 Å². The van der Waals surface area contributed by atoms with Gasteiger partial charge in [0.25, 0.3) is 0 Å². The van der Waals surface area contributed by atoms with Crippen LogP contribution in [0.1, 0.15) is 5.69 Å². The van der Waals surface area contributed by atoms with Crippen LogP contribution in [0.2, 0.25) is 0 Å². The summed E-state index contributed by atoms with van der Waals surface area (Å²) >= 11 is 0. The number of aryl methyl sites for hydroxylation is 1. The molecule has 2 aromatic rings. The quantitative estimate of drug-likeness (QED) is 0.766. The molecular formula is C10H11N3O. The van der Waals surface area contributed by atoms with Crippen LogP contribution in [0.5, 0.6) is 0 Å². The van der Waals surface area contributed by atoms with Gasteiger partial charge in [0.05, 0.1) is 18.0 Å². The highest BCUT2D eigenvalue weighted by atomic mass is 16.3. The number of aliphatic hydroxyl groups excluding tert-OH is 1. The van der Waals surface area contributed by atoms with Gasteiger partial charge < -0.3 is 5.11 Å². The van der Waals surface area contributed by atoms with Crippen LogP contribution in [0, 0.1) is 0 Å². The summed E-state index contributed by atoms with van der Waals surface area (Å²) in [5, 5.41) is 13.1. The second-order valence-electron chi connectivity index (χ2n) is 3.07. The Kier molecular flexibility index (Phi) is 2.28. The lowest BCUT2D eigenvalue weighted by molar-refractivity contribution is 0.277. The highest BCUT2D eigenvalue weighted by molar-refractivity contribution is 5.57. The maximum atomic E-state index is 8.82. The van der Waals surface area contributed by atoms with Crippen molar-refractivity contribution in [3.63, 3.8) is 0 Å². The van der Waals surface area contributed by atoms with Gasteiger partial charge in [-0.2, -0.15) is 5.10 Å². The van der Waals surface area contributed by atoms with E-state index >= 15 is 0 Å². The molecule has 0 aromatic carbocycles. The molecule has 0 unspecified atom stereocenters. The van der Waals surface area contributed by atoms with Crippen LogP contribution in [0.25, 0.3) is 11.3 Å². The van der Waals surface area contributed by atoms with E-state index in [0.29, 0.717) is 5.69 Å². The third kappa shape index (κ3) is 1.65. The van der Waals surface area contributed by atoms with Gasteiger partial charge >= 0.3 is 0 Å². The van der Waals surface area contributed by atoms with Gasteiger partial charge in [-0.05, 0) is 18.2 Å². The minimum Gasteiger partial charge on any atom is -0.390 e. The summed E-state index contributed by atoms with van der Waals surface area (Å²) in [5.41, 5.74) is 2.52. The molecule has 4 nitrogen and oxygen atoms in total. The molecule has 0 atom stereocenters. The number of nitrogens with zero attached hydrogens (tertiary/aromatic N) is 3. The Balaban J connectivity index is 2.33. The van der Waals surface area contributed by atoms with Gasteiger partial charge in [0, 0.05) is 25.0 Å². The van der Waals surface area contributed by atoms with Crippen LogP contribution < -0.4 is 0 Å². The molecule has 4 heteroatoms. The first kappa shape index (κ1) is 8.90. The van der Waals surface area contributed by atoms with E-state index in [9.17, 15) is 0 Å². The van der Waals surface area contributed by atoms with Gasteiger partial charge in [0.2, 0.25) is 0 Å². The van der Waals surface area contributed by atoms with E-state index < -0.39 is 0 Å². The highest BCUT2D eigenvalue weighted by Crippen LogP contribution is 2.15. The van der Waals surface area contributed by atoms with Gasteiger partial charge in [0.15, 0.2) is 0 Å². The van der Waals surface area contributed by atoms with Crippen LogP contribution in [-0.4, -0.2) is 19.9 Å². The maximum absolute atomic E-state index is 8.82. The average molecular weight is 189 g/mol. The van der Waals surface area contributed by atoms with Gasteiger partial charge in [-0.1, -0.05) is 0 Å². The SMILES string of the molecule is Cn1ccc(-c2ccc(CO)nc2)n1. The molecule has 0 bridgehead atoms. The molecule has 2 heterocycles. The van der Waals surface area contributed by atoms with Crippen molar-refractivity contribution in [3.8, 4) is 11.3 Å². The topological polar surface area (TPSA) is 50.9 Å². The number of pyridine rings is 1. The lowest BCUT2D eigenvalue weighted by Crippen LogP contribution is -1.90. The van der Waals surface area contributed by atoms with E-state index in [1.165, 1.54) is 0 Å². The van der Waals surface area contributed by atoms with Crippen LogP contribution in [-0.2, 0) is 13.7 Å². The molecule has 0 radical (unpaired) electrons. The van der Waals surface area contributed by atoms with Crippen molar-refractivity contribution >= 4 is 0 Å². The lowest BCUT2D eigenvalue weighted by atomic mass is 10.2. The largest absolute Gasteiger partial charge is 0.390 e. The molecule has 14 heavy (non-hydrogen) atoms. The fourth-order valence-corrected chi connectivity index (χ4v) is 1.24. The Morgan fingerprint density at radius 2 is 2.21 bits per heavy atom. The molecule has 72 valence electrons. The Morgan fingerprint density at radius 3 is 2.71 bits per heavy atom. The molecule has 0 aliphatic rings. The van der Waals surface area contributed by atoms with Gasteiger partial charge in [0.1, 0.15) is 0 Å². The van der Waals surface area contributed by atoms with Crippen molar-refractivity contribution in [2.24, 2.45) is 7.05 Å². The fourth-order valence-electron chi connectivity index (χ4n) is 1.24. The zero-order chi connectivity index (χ0) is 9.97. The maximum Gasteiger partial charge on any atom is 0.0938 e. The van der Waals surface area contributed by atoms with Gasteiger partial charge in [-0.3, -0.25) is 9.67 Å². The van der Waals surface area contributed by atoms with E-state index in [2.05, 4.69) is 10.1 Å². The smallest absolute Gasteiger partial charge is 0.0938 e. The second kappa shape index (κ2) is 3.59. The van der Waals surface area contributed by atoms with E-state index in [0.717, 1.165) is 11.3 Å². The van der Waals surface area contributed by atoms with Crippen molar-refractivity contribution in [3.05, 3.63) is 36.3 Å². The van der Waals surface area contributed by atoms with Gasteiger partial charge in [-0.25, -0.2) is 0 Å². The third-order valence-corrected chi connectivity index (χ3v) is 2.00.